The maximum Gasteiger partial charge on any atom is 0.269 e. The van der Waals surface area contributed by atoms with Gasteiger partial charge in [-0.15, -0.1) is 11.3 Å². The molecule has 1 N–H and O–H groups in total. The average Bonchev–Trinajstić information content (AvgIpc) is 3.15. The zero-order valence-electron chi connectivity index (χ0n) is 16.2. The summed E-state index contributed by atoms with van der Waals surface area (Å²) in [7, 11) is 0. The van der Waals surface area contributed by atoms with Crippen molar-refractivity contribution >= 4 is 28.1 Å². The molecule has 0 radical (unpaired) electrons. The van der Waals surface area contributed by atoms with E-state index in [0.717, 1.165) is 16.9 Å². The first-order valence-electron chi connectivity index (χ1n) is 9.12. The van der Waals surface area contributed by atoms with Gasteiger partial charge in [0.2, 0.25) is 5.91 Å². The number of nitrogens with zero attached hydrogens (tertiary/aromatic N) is 2. The third-order valence-corrected chi connectivity index (χ3v) is 5.02. The summed E-state index contributed by atoms with van der Waals surface area (Å²) in [4.78, 5) is 26.8. The Labute approximate surface area is 172 Å². The van der Waals surface area contributed by atoms with E-state index in [4.69, 9.17) is 4.74 Å². The van der Waals surface area contributed by atoms with Crippen LogP contribution in [-0.2, 0) is 4.79 Å². The Kier molecular flexibility index (Phi) is 6.56. The molecule has 1 amide bonds. The molecule has 0 spiro atoms. The summed E-state index contributed by atoms with van der Waals surface area (Å²) >= 11 is 1.31. The number of nitro groups is 1. The predicted octanol–water partition coefficient (Wildman–Crippen LogP) is 5.13. The first-order valence-corrected chi connectivity index (χ1v) is 10.0. The molecule has 29 heavy (non-hydrogen) atoms. The van der Waals surface area contributed by atoms with Gasteiger partial charge >= 0.3 is 0 Å². The average molecular weight is 411 g/mol. The van der Waals surface area contributed by atoms with Crippen molar-refractivity contribution in [1.29, 1.82) is 0 Å². The first-order chi connectivity index (χ1) is 13.9. The fourth-order valence-electron chi connectivity index (χ4n) is 2.78. The van der Waals surface area contributed by atoms with Crippen LogP contribution >= 0.6 is 11.3 Å². The van der Waals surface area contributed by atoms with Gasteiger partial charge in [-0.1, -0.05) is 17.7 Å². The number of carbonyl (C=O) groups excluding carboxylic acids is 1. The highest BCUT2D eigenvalue weighted by atomic mass is 32.1. The van der Waals surface area contributed by atoms with E-state index in [1.54, 1.807) is 17.5 Å². The van der Waals surface area contributed by atoms with Crippen molar-refractivity contribution in [2.45, 2.75) is 26.7 Å². The molecule has 0 fully saturated rings. The highest BCUT2D eigenvalue weighted by molar-refractivity contribution is 7.14. The van der Waals surface area contributed by atoms with Crippen molar-refractivity contribution in [2.24, 2.45) is 0 Å². The van der Waals surface area contributed by atoms with Crippen LogP contribution in [0.15, 0.2) is 47.8 Å². The van der Waals surface area contributed by atoms with Crippen LogP contribution in [0.4, 0.5) is 10.8 Å². The number of nitro benzene ring substituents is 1. The van der Waals surface area contributed by atoms with Crippen molar-refractivity contribution in [3.05, 3.63) is 69.1 Å². The van der Waals surface area contributed by atoms with E-state index >= 15 is 0 Å². The molecule has 0 saturated heterocycles. The van der Waals surface area contributed by atoms with Gasteiger partial charge in [-0.25, -0.2) is 4.98 Å². The van der Waals surface area contributed by atoms with Crippen LogP contribution in [0, 0.1) is 24.0 Å². The maximum absolute atomic E-state index is 12.1. The second-order valence-corrected chi connectivity index (χ2v) is 7.47. The third kappa shape index (κ3) is 5.61. The molecule has 2 aromatic carbocycles. The lowest BCUT2D eigenvalue weighted by atomic mass is 10.1. The number of amides is 1. The molecule has 0 bridgehead atoms. The van der Waals surface area contributed by atoms with Crippen molar-refractivity contribution < 1.29 is 14.5 Å². The molecule has 0 atom stereocenters. The van der Waals surface area contributed by atoms with Crippen molar-refractivity contribution in [3.63, 3.8) is 0 Å². The maximum atomic E-state index is 12.1. The molecule has 8 heteroatoms. The molecule has 7 nitrogen and oxygen atoms in total. The van der Waals surface area contributed by atoms with Crippen LogP contribution < -0.4 is 10.1 Å². The van der Waals surface area contributed by atoms with Crippen LogP contribution in [0.25, 0.3) is 11.3 Å². The Morgan fingerprint density at radius 1 is 1.21 bits per heavy atom. The summed E-state index contributed by atoms with van der Waals surface area (Å²) in [6.07, 6.45) is 0.928. The van der Waals surface area contributed by atoms with Gasteiger partial charge in [-0.3, -0.25) is 14.9 Å². The van der Waals surface area contributed by atoms with E-state index in [1.165, 1.54) is 29.0 Å². The number of nitrogens with one attached hydrogen (secondary N) is 1. The minimum atomic E-state index is -0.444. The summed E-state index contributed by atoms with van der Waals surface area (Å²) in [5.41, 5.74) is 3.72. The SMILES string of the molecule is Cc1ccc(OCCCC(=O)Nc2nc(-c3ccc([N+](=O)[O-])cc3)cs2)c(C)c1. The van der Waals surface area contributed by atoms with Gasteiger partial charge in [-0.05, 0) is 44.0 Å². The molecule has 1 aromatic heterocycles. The number of ether oxygens (including phenoxy) is 1. The number of hydrogen-bond donors (Lipinski definition) is 1. The lowest BCUT2D eigenvalue weighted by Gasteiger charge is -2.09. The lowest BCUT2D eigenvalue weighted by molar-refractivity contribution is -0.384. The molecule has 3 rings (SSSR count). The number of rotatable bonds is 8. The number of aryl methyl sites for hydroxylation is 2. The molecular formula is C21H21N3O4S. The van der Waals surface area contributed by atoms with Gasteiger partial charge in [0.25, 0.3) is 5.69 Å². The van der Waals surface area contributed by atoms with Gasteiger partial charge in [0, 0.05) is 29.5 Å². The van der Waals surface area contributed by atoms with Crippen molar-refractivity contribution in [2.75, 3.05) is 11.9 Å². The first kappa shape index (κ1) is 20.5. The molecule has 0 aliphatic heterocycles. The monoisotopic (exact) mass is 411 g/mol. The summed E-state index contributed by atoms with van der Waals surface area (Å²) in [5, 5.41) is 15.8. The van der Waals surface area contributed by atoms with Crippen molar-refractivity contribution in [3.8, 4) is 17.0 Å². The third-order valence-electron chi connectivity index (χ3n) is 4.26. The molecular weight excluding hydrogens is 390 g/mol. The zero-order valence-corrected chi connectivity index (χ0v) is 17.0. The Morgan fingerprint density at radius 3 is 2.66 bits per heavy atom. The molecule has 0 aliphatic carbocycles. The van der Waals surface area contributed by atoms with E-state index < -0.39 is 4.92 Å². The zero-order chi connectivity index (χ0) is 20.8. The smallest absolute Gasteiger partial charge is 0.269 e. The molecule has 0 aliphatic rings. The van der Waals surface area contributed by atoms with Gasteiger partial charge in [-0.2, -0.15) is 0 Å². The lowest BCUT2D eigenvalue weighted by Crippen LogP contribution is -2.12. The Hall–Kier alpha value is -3.26. The molecule has 0 unspecified atom stereocenters. The number of carbonyl (C=O) groups is 1. The van der Waals surface area contributed by atoms with E-state index in [-0.39, 0.29) is 11.6 Å². The summed E-state index contributed by atoms with van der Waals surface area (Å²) < 4.78 is 5.74. The van der Waals surface area contributed by atoms with Gasteiger partial charge < -0.3 is 10.1 Å². The molecule has 3 aromatic rings. The van der Waals surface area contributed by atoms with Crippen molar-refractivity contribution in [1.82, 2.24) is 4.98 Å². The normalized spacial score (nSPS) is 10.6. The highest BCUT2D eigenvalue weighted by Gasteiger charge is 2.10. The number of benzene rings is 2. The minimum Gasteiger partial charge on any atom is -0.493 e. The van der Waals surface area contributed by atoms with E-state index in [9.17, 15) is 14.9 Å². The van der Waals surface area contributed by atoms with E-state index in [2.05, 4.69) is 16.4 Å². The number of hydrogen-bond acceptors (Lipinski definition) is 6. The fraction of sp³-hybridized carbons (Fsp3) is 0.238. The van der Waals surface area contributed by atoms with Gasteiger partial charge in [0.1, 0.15) is 5.75 Å². The summed E-state index contributed by atoms with van der Waals surface area (Å²) in [5.74, 6) is 0.711. The van der Waals surface area contributed by atoms with E-state index in [1.807, 2.05) is 26.0 Å². The minimum absolute atomic E-state index is 0.0283. The number of anilines is 1. The standard InChI is InChI=1S/C21H21N3O4S/c1-14-5-10-19(15(2)12-14)28-11-3-4-20(25)23-21-22-18(13-29-21)16-6-8-17(9-7-16)24(26)27/h5-10,12-13H,3-4,11H2,1-2H3,(H,22,23,25). The Bertz CT molecular complexity index is 1020. The molecule has 0 saturated carbocycles. The van der Waals surface area contributed by atoms with Crippen LogP contribution in [-0.4, -0.2) is 22.4 Å². The highest BCUT2D eigenvalue weighted by Crippen LogP contribution is 2.26. The van der Waals surface area contributed by atoms with Crippen LogP contribution in [0.3, 0.4) is 0 Å². The molecule has 150 valence electrons. The summed E-state index contributed by atoms with van der Waals surface area (Å²) in [6.45, 7) is 4.50. The number of aromatic nitrogens is 1. The molecule has 1 heterocycles. The number of thiazole rings is 1. The van der Waals surface area contributed by atoms with Gasteiger partial charge in [0.15, 0.2) is 5.13 Å². The fourth-order valence-corrected chi connectivity index (χ4v) is 3.51. The van der Waals surface area contributed by atoms with E-state index in [0.29, 0.717) is 30.3 Å². The Balaban J connectivity index is 1.47. The van der Waals surface area contributed by atoms with Crippen LogP contribution in [0.1, 0.15) is 24.0 Å². The number of non-ortho nitro benzene ring substituents is 1. The van der Waals surface area contributed by atoms with Crippen LogP contribution in [0.2, 0.25) is 0 Å². The topological polar surface area (TPSA) is 94.4 Å². The van der Waals surface area contributed by atoms with Crippen LogP contribution in [0.5, 0.6) is 5.75 Å². The van der Waals surface area contributed by atoms with Gasteiger partial charge in [0.05, 0.1) is 17.2 Å². The predicted molar refractivity (Wildman–Crippen MR) is 113 cm³/mol. The Morgan fingerprint density at radius 2 is 1.97 bits per heavy atom. The largest absolute Gasteiger partial charge is 0.493 e. The second-order valence-electron chi connectivity index (χ2n) is 6.61. The second kappa shape index (κ2) is 9.29. The summed E-state index contributed by atoms with van der Waals surface area (Å²) in [6, 6.07) is 12.2. The quantitative estimate of drug-likeness (QED) is 0.315.